The van der Waals surface area contributed by atoms with Crippen LogP contribution in [0.15, 0.2) is 43.0 Å². The number of aryl methyl sites for hydroxylation is 1. The fraction of sp³-hybridized carbons (Fsp3) is 0.524. The summed E-state index contributed by atoms with van der Waals surface area (Å²) >= 11 is 0. The number of esters is 1. The SMILES string of the molecule is CCOC(=O)[C@@]1(Cc2ccccc2)C[C@H]2CC[C@@H]1N2C(=O)CCn1cnnc1. The number of carbonyl (C=O) groups excluding carboxylic acids is 2. The summed E-state index contributed by atoms with van der Waals surface area (Å²) in [4.78, 5) is 28.1. The van der Waals surface area contributed by atoms with Gasteiger partial charge in [-0.05, 0) is 38.2 Å². The molecule has 28 heavy (non-hydrogen) atoms. The van der Waals surface area contributed by atoms with E-state index in [2.05, 4.69) is 10.2 Å². The molecule has 3 atom stereocenters. The number of amides is 1. The zero-order valence-corrected chi connectivity index (χ0v) is 16.2. The van der Waals surface area contributed by atoms with Crippen molar-refractivity contribution in [3.8, 4) is 0 Å². The minimum Gasteiger partial charge on any atom is -0.465 e. The van der Waals surface area contributed by atoms with E-state index in [-0.39, 0.29) is 24.0 Å². The summed E-state index contributed by atoms with van der Waals surface area (Å²) in [6, 6.07) is 10.1. The maximum absolute atomic E-state index is 13.1. The van der Waals surface area contributed by atoms with Crippen LogP contribution in [0.1, 0.15) is 38.2 Å². The Morgan fingerprint density at radius 1 is 1.18 bits per heavy atom. The van der Waals surface area contributed by atoms with Crippen molar-refractivity contribution in [2.75, 3.05) is 6.61 Å². The lowest BCUT2D eigenvalue weighted by atomic mass is 9.70. The quantitative estimate of drug-likeness (QED) is 0.686. The maximum atomic E-state index is 13.1. The van der Waals surface area contributed by atoms with Crippen LogP contribution < -0.4 is 0 Å². The molecule has 2 fully saturated rings. The molecule has 1 aromatic heterocycles. The van der Waals surface area contributed by atoms with E-state index in [9.17, 15) is 9.59 Å². The Morgan fingerprint density at radius 3 is 2.64 bits per heavy atom. The molecular formula is C21H26N4O3. The average molecular weight is 382 g/mol. The van der Waals surface area contributed by atoms with Gasteiger partial charge in [0.1, 0.15) is 12.7 Å². The van der Waals surface area contributed by atoms with E-state index >= 15 is 0 Å². The van der Waals surface area contributed by atoms with Crippen LogP contribution >= 0.6 is 0 Å². The second-order valence-electron chi connectivity index (χ2n) is 7.74. The van der Waals surface area contributed by atoms with Gasteiger partial charge < -0.3 is 14.2 Å². The van der Waals surface area contributed by atoms with Crippen LogP contribution in [0.25, 0.3) is 0 Å². The Hall–Kier alpha value is -2.70. The molecule has 0 spiro atoms. The molecule has 2 saturated heterocycles. The maximum Gasteiger partial charge on any atom is 0.314 e. The number of hydrogen-bond acceptors (Lipinski definition) is 5. The van der Waals surface area contributed by atoms with Crippen molar-refractivity contribution in [3.63, 3.8) is 0 Å². The van der Waals surface area contributed by atoms with Gasteiger partial charge in [0.2, 0.25) is 5.91 Å². The van der Waals surface area contributed by atoms with Crippen LogP contribution in [0.2, 0.25) is 0 Å². The van der Waals surface area contributed by atoms with Gasteiger partial charge in [0.05, 0.1) is 12.0 Å². The summed E-state index contributed by atoms with van der Waals surface area (Å²) < 4.78 is 7.31. The topological polar surface area (TPSA) is 77.3 Å². The van der Waals surface area contributed by atoms with Crippen LogP contribution in [0.3, 0.4) is 0 Å². The molecule has 148 valence electrons. The van der Waals surface area contributed by atoms with Crippen molar-refractivity contribution in [1.29, 1.82) is 0 Å². The highest BCUT2D eigenvalue weighted by Crippen LogP contribution is 2.52. The highest BCUT2D eigenvalue weighted by Gasteiger charge is 2.61. The summed E-state index contributed by atoms with van der Waals surface area (Å²) in [5.41, 5.74) is 0.465. The van der Waals surface area contributed by atoms with Crippen molar-refractivity contribution < 1.29 is 14.3 Å². The zero-order valence-electron chi connectivity index (χ0n) is 16.2. The third-order valence-electron chi connectivity index (χ3n) is 6.12. The molecule has 2 aliphatic heterocycles. The second kappa shape index (κ2) is 7.73. The third kappa shape index (κ3) is 3.30. The second-order valence-corrected chi connectivity index (χ2v) is 7.74. The summed E-state index contributed by atoms with van der Waals surface area (Å²) in [6.07, 6.45) is 6.73. The molecule has 1 aromatic carbocycles. The molecule has 0 radical (unpaired) electrons. The third-order valence-corrected chi connectivity index (χ3v) is 6.12. The van der Waals surface area contributed by atoms with Crippen molar-refractivity contribution in [2.45, 2.75) is 57.7 Å². The molecule has 0 N–H and O–H groups in total. The van der Waals surface area contributed by atoms with Crippen LogP contribution in [-0.2, 0) is 27.3 Å². The number of benzene rings is 1. The van der Waals surface area contributed by atoms with Gasteiger partial charge in [-0.15, -0.1) is 10.2 Å². The fourth-order valence-corrected chi connectivity index (χ4v) is 4.97. The zero-order chi connectivity index (χ0) is 19.6. The molecule has 0 saturated carbocycles. The van der Waals surface area contributed by atoms with E-state index in [0.29, 0.717) is 32.4 Å². The Labute approximate surface area is 164 Å². The van der Waals surface area contributed by atoms with Crippen molar-refractivity contribution >= 4 is 11.9 Å². The normalized spacial score (nSPS) is 25.8. The minimum absolute atomic E-state index is 0.0924. The first kappa shape index (κ1) is 18.7. The first-order valence-corrected chi connectivity index (χ1v) is 9.99. The Bertz CT molecular complexity index is 823. The summed E-state index contributed by atoms with van der Waals surface area (Å²) in [6.45, 7) is 2.74. The van der Waals surface area contributed by atoms with Gasteiger partial charge in [0.25, 0.3) is 0 Å². The summed E-state index contributed by atoms with van der Waals surface area (Å²) in [5.74, 6) is -0.0666. The first-order chi connectivity index (χ1) is 13.6. The molecule has 1 amide bonds. The molecule has 2 aliphatic rings. The number of nitrogens with zero attached hydrogens (tertiary/aromatic N) is 4. The van der Waals surface area contributed by atoms with Crippen molar-refractivity contribution in [1.82, 2.24) is 19.7 Å². The lowest BCUT2D eigenvalue weighted by Gasteiger charge is -2.35. The van der Waals surface area contributed by atoms with Crippen LogP contribution in [0.4, 0.5) is 0 Å². The lowest BCUT2D eigenvalue weighted by molar-refractivity contribution is -0.158. The van der Waals surface area contributed by atoms with Gasteiger partial charge in [-0.3, -0.25) is 9.59 Å². The van der Waals surface area contributed by atoms with Crippen LogP contribution in [-0.4, -0.2) is 50.2 Å². The Morgan fingerprint density at radius 2 is 1.93 bits per heavy atom. The monoisotopic (exact) mass is 382 g/mol. The first-order valence-electron chi connectivity index (χ1n) is 9.99. The lowest BCUT2D eigenvalue weighted by Crippen LogP contribution is -2.47. The Kier molecular flexibility index (Phi) is 5.15. The summed E-state index contributed by atoms with van der Waals surface area (Å²) in [7, 11) is 0. The van der Waals surface area contributed by atoms with E-state index < -0.39 is 5.41 Å². The molecule has 7 heteroatoms. The van der Waals surface area contributed by atoms with E-state index in [0.717, 1.165) is 18.4 Å². The summed E-state index contributed by atoms with van der Waals surface area (Å²) in [5, 5.41) is 7.56. The average Bonchev–Trinajstić information content (AvgIpc) is 3.43. The predicted molar refractivity (Wildman–Crippen MR) is 102 cm³/mol. The highest BCUT2D eigenvalue weighted by atomic mass is 16.5. The van der Waals surface area contributed by atoms with Gasteiger partial charge in [-0.2, -0.15) is 0 Å². The van der Waals surface area contributed by atoms with Crippen molar-refractivity contribution in [2.24, 2.45) is 5.41 Å². The molecule has 7 nitrogen and oxygen atoms in total. The molecule has 2 aromatic rings. The number of aromatic nitrogens is 3. The van der Waals surface area contributed by atoms with E-state index in [1.807, 2.05) is 42.2 Å². The highest BCUT2D eigenvalue weighted by molar-refractivity contribution is 5.84. The smallest absolute Gasteiger partial charge is 0.314 e. The van der Waals surface area contributed by atoms with Gasteiger partial charge >= 0.3 is 5.97 Å². The Balaban J connectivity index is 1.56. The molecule has 4 rings (SSSR count). The molecule has 0 aliphatic carbocycles. The van der Waals surface area contributed by atoms with Gasteiger partial charge in [-0.25, -0.2) is 0 Å². The van der Waals surface area contributed by atoms with Gasteiger partial charge in [0.15, 0.2) is 0 Å². The number of hydrogen-bond donors (Lipinski definition) is 0. The molecule has 3 heterocycles. The van der Waals surface area contributed by atoms with Gasteiger partial charge in [0, 0.05) is 25.0 Å². The minimum atomic E-state index is -0.646. The van der Waals surface area contributed by atoms with E-state index in [1.165, 1.54) is 0 Å². The predicted octanol–water partition coefficient (Wildman–Crippen LogP) is 2.22. The van der Waals surface area contributed by atoms with Gasteiger partial charge in [-0.1, -0.05) is 30.3 Å². The van der Waals surface area contributed by atoms with E-state index in [4.69, 9.17) is 4.74 Å². The largest absolute Gasteiger partial charge is 0.465 e. The number of ether oxygens (including phenoxy) is 1. The molecular weight excluding hydrogens is 356 g/mol. The van der Waals surface area contributed by atoms with Crippen LogP contribution in [0.5, 0.6) is 0 Å². The fourth-order valence-electron chi connectivity index (χ4n) is 4.97. The number of fused-ring (bicyclic) bond motifs is 2. The van der Waals surface area contributed by atoms with E-state index in [1.54, 1.807) is 17.2 Å². The van der Waals surface area contributed by atoms with Crippen LogP contribution in [0, 0.1) is 5.41 Å². The molecule has 2 bridgehead atoms. The molecule has 0 unspecified atom stereocenters. The number of rotatable bonds is 7. The standard InChI is InChI=1S/C21H26N4O3/c1-2-28-20(27)21(12-16-6-4-3-5-7-16)13-17-8-9-18(21)25(17)19(26)10-11-24-14-22-23-15-24/h3-7,14-15,17-18H,2,8-13H2,1H3/t17-,18+,21+/m1/s1. The van der Waals surface area contributed by atoms with Crippen molar-refractivity contribution in [3.05, 3.63) is 48.5 Å². The number of carbonyl (C=O) groups is 2.